The highest BCUT2D eigenvalue weighted by molar-refractivity contribution is 5.84. The van der Waals surface area contributed by atoms with Crippen molar-refractivity contribution in [2.75, 3.05) is 13.1 Å². The van der Waals surface area contributed by atoms with Crippen molar-refractivity contribution in [2.45, 2.75) is 56.9 Å². The van der Waals surface area contributed by atoms with Gasteiger partial charge in [-0.1, -0.05) is 31.4 Å². The molecule has 2 fully saturated rings. The molecular weight excluding hydrogens is 400 g/mol. The molecule has 0 bridgehead atoms. The molecule has 7 N–H and O–H groups in total. The number of benzene rings is 1. The SMILES string of the molecule is NC(N)=C(/C=C(\N)c1ccccc1O)c1cc(C2CCN(C3CCCCC3)CC2)ncn1. The van der Waals surface area contributed by atoms with E-state index < -0.39 is 0 Å². The van der Waals surface area contributed by atoms with E-state index in [9.17, 15) is 5.11 Å². The van der Waals surface area contributed by atoms with E-state index in [1.807, 2.05) is 12.1 Å². The standard InChI is InChI=1S/C25H34N6O/c26-21(19-8-4-5-9-24(19)32)14-20(25(27)28)23-15-22(29-16-30-23)17-10-12-31(13-11-17)18-6-2-1-3-7-18/h4-5,8-9,14-18,32H,1-3,6-7,10-13,26-28H2/b21-14-. The Balaban J connectivity index is 1.51. The van der Waals surface area contributed by atoms with Crippen LogP contribution in [0.25, 0.3) is 11.3 Å². The zero-order valence-corrected chi connectivity index (χ0v) is 18.6. The number of piperidine rings is 1. The summed E-state index contributed by atoms with van der Waals surface area (Å²) in [5, 5.41) is 10.1. The Morgan fingerprint density at radius 1 is 0.969 bits per heavy atom. The summed E-state index contributed by atoms with van der Waals surface area (Å²) in [6.45, 7) is 2.24. The van der Waals surface area contributed by atoms with Crippen molar-refractivity contribution in [3.05, 3.63) is 65.5 Å². The molecule has 7 nitrogen and oxygen atoms in total. The number of hydrogen-bond acceptors (Lipinski definition) is 7. The molecule has 170 valence electrons. The summed E-state index contributed by atoms with van der Waals surface area (Å²) in [6.07, 6.45) is 12.3. The van der Waals surface area contributed by atoms with Crippen LogP contribution in [0.1, 0.15) is 67.8 Å². The maximum absolute atomic E-state index is 10.1. The minimum atomic E-state index is 0.101. The van der Waals surface area contributed by atoms with Gasteiger partial charge in [-0.15, -0.1) is 0 Å². The lowest BCUT2D eigenvalue weighted by Gasteiger charge is -2.39. The van der Waals surface area contributed by atoms with Crippen molar-refractivity contribution in [1.29, 1.82) is 0 Å². The number of phenols is 1. The molecule has 0 spiro atoms. The average Bonchev–Trinajstić information content (AvgIpc) is 2.83. The van der Waals surface area contributed by atoms with Gasteiger partial charge in [0.15, 0.2) is 0 Å². The van der Waals surface area contributed by atoms with E-state index in [4.69, 9.17) is 17.2 Å². The second kappa shape index (κ2) is 10.0. The fourth-order valence-electron chi connectivity index (χ4n) is 5.01. The van der Waals surface area contributed by atoms with Crippen molar-refractivity contribution in [3.63, 3.8) is 0 Å². The molecular formula is C25H34N6O. The molecule has 0 atom stereocenters. The van der Waals surface area contributed by atoms with Crippen LogP contribution in [0.3, 0.4) is 0 Å². The zero-order valence-electron chi connectivity index (χ0n) is 18.6. The van der Waals surface area contributed by atoms with Gasteiger partial charge in [0.2, 0.25) is 0 Å². The van der Waals surface area contributed by atoms with Crippen molar-refractivity contribution in [1.82, 2.24) is 14.9 Å². The second-order valence-electron chi connectivity index (χ2n) is 8.92. The third-order valence-corrected chi connectivity index (χ3v) is 6.83. The molecule has 0 radical (unpaired) electrons. The Kier molecular flexibility index (Phi) is 6.95. The molecule has 4 rings (SSSR count). The maximum atomic E-state index is 10.1. The fourth-order valence-corrected chi connectivity index (χ4v) is 5.01. The number of aromatic hydroxyl groups is 1. The molecule has 1 aliphatic heterocycles. The first-order chi connectivity index (χ1) is 15.5. The van der Waals surface area contributed by atoms with Crippen LogP contribution in [0, 0.1) is 0 Å². The highest BCUT2D eigenvalue weighted by Gasteiger charge is 2.27. The Hall–Kier alpha value is -3.06. The number of hydrogen-bond donors (Lipinski definition) is 4. The summed E-state index contributed by atoms with van der Waals surface area (Å²) in [5.41, 5.74) is 21.3. The minimum Gasteiger partial charge on any atom is -0.507 e. The van der Waals surface area contributed by atoms with Gasteiger partial charge in [0.05, 0.1) is 5.69 Å². The number of phenolic OH excluding ortho intramolecular Hbond substituents is 1. The highest BCUT2D eigenvalue weighted by Crippen LogP contribution is 2.32. The van der Waals surface area contributed by atoms with Crippen molar-refractivity contribution in [2.24, 2.45) is 17.2 Å². The molecule has 7 heteroatoms. The number of likely N-dealkylation sites (tertiary alicyclic amines) is 1. The largest absolute Gasteiger partial charge is 0.507 e. The van der Waals surface area contributed by atoms with E-state index in [1.165, 1.54) is 32.1 Å². The molecule has 1 saturated heterocycles. The van der Waals surface area contributed by atoms with Crippen molar-refractivity contribution in [3.8, 4) is 5.75 Å². The third kappa shape index (κ3) is 5.05. The Labute approximate surface area is 190 Å². The Morgan fingerprint density at radius 3 is 2.38 bits per heavy atom. The molecule has 2 aliphatic rings. The number of aromatic nitrogens is 2. The molecule has 32 heavy (non-hydrogen) atoms. The lowest BCUT2D eigenvalue weighted by Crippen LogP contribution is -2.42. The van der Waals surface area contributed by atoms with Crippen LogP contribution in [0.5, 0.6) is 5.75 Å². The molecule has 1 saturated carbocycles. The molecule has 0 unspecified atom stereocenters. The fraction of sp³-hybridized carbons (Fsp3) is 0.440. The third-order valence-electron chi connectivity index (χ3n) is 6.83. The van der Waals surface area contributed by atoms with Gasteiger partial charge in [0.25, 0.3) is 0 Å². The highest BCUT2D eigenvalue weighted by atomic mass is 16.3. The topological polar surface area (TPSA) is 127 Å². The number of rotatable bonds is 5. The first-order valence-corrected chi connectivity index (χ1v) is 11.6. The number of nitrogens with two attached hydrogens (primary N) is 3. The van der Waals surface area contributed by atoms with Crippen LogP contribution in [-0.2, 0) is 0 Å². The smallest absolute Gasteiger partial charge is 0.124 e. The Bertz CT molecular complexity index is 983. The van der Waals surface area contributed by atoms with Gasteiger partial charge in [-0.3, -0.25) is 0 Å². The van der Waals surface area contributed by atoms with Gasteiger partial charge in [-0.2, -0.15) is 0 Å². The van der Waals surface area contributed by atoms with E-state index in [-0.39, 0.29) is 11.6 Å². The van der Waals surface area contributed by atoms with Gasteiger partial charge in [0, 0.05) is 34.5 Å². The summed E-state index contributed by atoms with van der Waals surface area (Å²) in [5.74, 6) is 0.626. The minimum absolute atomic E-state index is 0.101. The van der Waals surface area contributed by atoms with Gasteiger partial charge >= 0.3 is 0 Å². The van der Waals surface area contributed by atoms with E-state index >= 15 is 0 Å². The number of nitrogens with zero attached hydrogens (tertiary/aromatic N) is 3. The van der Waals surface area contributed by atoms with Crippen molar-refractivity contribution < 1.29 is 5.11 Å². The Morgan fingerprint density at radius 2 is 1.69 bits per heavy atom. The summed E-state index contributed by atoms with van der Waals surface area (Å²) in [6, 6.07) is 9.64. The number of para-hydroxylation sites is 1. The summed E-state index contributed by atoms with van der Waals surface area (Å²) < 4.78 is 0. The summed E-state index contributed by atoms with van der Waals surface area (Å²) in [4.78, 5) is 11.7. The monoisotopic (exact) mass is 434 g/mol. The number of allylic oxidation sites excluding steroid dienone is 2. The van der Waals surface area contributed by atoms with Crippen LogP contribution < -0.4 is 17.2 Å². The van der Waals surface area contributed by atoms with Gasteiger partial charge in [-0.05, 0) is 63.0 Å². The second-order valence-corrected chi connectivity index (χ2v) is 8.92. The van der Waals surface area contributed by atoms with E-state index in [2.05, 4.69) is 14.9 Å². The first-order valence-electron chi connectivity index (χ1n) is 11.6. The van der Waals surface area contributed by atoms with Crippen LogP contribution in [0.2, 0.25) is 0 Å². The predicted molar refractivity (Wildman–Crippen MR) is 128 cm³/mol. The average molecular weight is 435 g/mol. The summed E-state index contributed by atoms with van der Waals surface area (Å²) >= 11 is 0. The molecule has 1 aromatic carbocycles. The van der Waals surface area contributed by atoms with Crippen LogP contribution in [-0.4, -0.2) is 39.1 Å². The van der Waals surface area contributed by atoms with Crippen LogP contribution >= 0.6 is 0 Å². The van der Waals surface area contributed by atoms with Gasteiger partial charge in [0.1, 0.15) is 17.9 Å². The maximum Gasteiger partial charge on any atom is 0.124 e. The quantitative estimate of drug-likeness (QED) is 0.532. The molecule has 2 aromatic rings. The normalized spacial score (nSPS) is 19.1. The molecule has 0 amide bonds. The molecule has 1 aromatic heterocycles. The van der Waals surface area contributed by atoms with E-state index in [0.717, 1.165) is 37.7 Å². The predicted octanol–water partition coefficient (Wildman–Crippen LogP) is 3.28. The van der Waals surface area contributed by atoms with Crippen LogP contribution in [0.4, 0.5) is 0 Å². The van der Waals surface area contributed by atoms with E-state index in [0.29, 0.717) is 28.4 Å². The van der Waals surface area contributed by atoms with Crippen LogP contribution in [0.15, 0.2) is 48.6 Å². The van der Waals surface area contributed by atoms with Gasteiger partial charge < -0.3 is 27.2 Å². The zero-order chi connectivity index (χ0) is 22.5. The summed E-state index contributed by atoms with van der Waals surface area (Å²) in [7, 11) is 0. The van der Waals surface area contributed by atoms with Gasteiger partial charge in [-0.25, -0.2) is 9.97 Å². The first kappa shape index (κ1) is 22.1. The molecule has 2 heterocycles. The lowest BCUT2D eigenvalue weighted by molar-refractivity contribution is 0.121. The van der Waals surface area contributed by atoms with Crippen molar-refractivity contribution >= 4 is 11.3 Å². The lowest BCUT2D eigenvalue weighted by atomic mass is 9.88. The molecule has 1 aliphatic carbocycles. The van der Waals surface area contributed by atoms with E-state index in [1.54, 1.807) is 30.6 Å².